The van der Waals surface area contributed by atoms with Crippen LogP contribution >= 0.6 is 11.3 Å². The third-order valence-corrected chi connectivity index (χ3v) is 5.53. The number of nitrogens with one attached hydrogen (secondary N) is 1. The van der Waals surface area contributed by atoms with E-state index in [0.29, 0.717) is 11.4 Å². The highest BCUT2D eigenvalue weighted by atomic mass is 32.1. The van der Waals surface area contributed by atoms with Crippen LogP contribution in [0.15, 0.2) is 41.8 Å². The minimum Gasteiger partial charge on any atom is -0.376 e. The van der Waals surface area contributed by atoms with Crippen molar-refractivity contribution in [3.63, 3.8) is 0 Å². The van der Waals surface area contributed by atoms with Crippen LogP contribution in [0.3, 0.4) is 0 Å². The number of carbonyl (C=O) groups excluding carboxylic acids is 2. The minimum atomic E-state index is -0.167. The molecule has 1 saturated heterocycles. The van der Waals surface area contributed by atoms with E-state index in [2.05, 4.69) is 29.3 Å². The van der Waals surface area contributed by atoms with Gasteiger partial charge < -0.3 is 15.0 Å². The van der Waals surface area contributed by atoms with Crippen molar-refractivity contribution < 1.29 is 14.3 Å². The van der Waals surface area contributed by atoms with E-state index >= 15 is 0 Å². The van der Waals surface area contributed by atoms with Crippen LogP contribution in [0.25, 0.3) is 0 Å². The number of rotatable bonds is 7. The van der Waals surface area contributed by atoms with Crippen molar-refractivity contribution in [3.05, 3.63) is 57.8 Å². The Morgan fingerprint density at radius 3 is 2.86 bits per heavy atom. The number of benzene rings is 1. The number of nitrogens with zero attached hydrogens (tertiary/aromatic N) is 2. The van der Waals surface area contributed by atoms with Gasteiger partial charge in [0.1, 0.15) is 0 Å². The Hall–Kier alpha value is -2.22. The van der Waals surface area contributed by atoms with Gasteiger partial charge in [0.05, 0.1) is 24.1 Å². The summed E-state index contributed by atoms with van der Waals surface area (Å²) in [6, 6.07) is 11.9. The first-order chi connectivity index (χ1) is 13.5. The highest BCUT2D eigenvalue weighted by Crippen LogP contribution is 2.13. The highest BCUT2D eigenvalue weighted by molar-refractivity contribution is 7.12. The van der Waals surface area contributed by atoms with E-state index in [1.807, 2.05) is 23.6 Å². The molecule has 6 nitrogen and oxygen atoms in total. The molecule has 1 aromatic heterocycles. The van der Waals surface area contributed by atoms with Gasteiger partial charge in [0, 0.05) is 33.2 Å². The van der Waals surface area contributed by atoms with Gasteiger partial charge in [0.15, 0.2) is 0 Å². The topological polar surface area (TPSA) is 61.9 Å². The van der Waals surface area contributed by atoms with Gasteiger partial charge in [-0.05, 0) is 29.5 Å². The normalized spacial score (nSPS) is 17.3. The summed E-state index contributed by atoms with van der Waals surface area (Å²) in [6.45, 7) is 6.12. The van der Waals surface area contributed by atoms with Gasteiger partial charge in [-0.2, -0.15) is 0 Å². The molecule has 1 aromatic carbocycles. The van der Waals surface area contributed by atoms with E-state index in [0.717, 1.165) is 31.8 Å². The van der Waals surface area contributed by atoms with Crippen molar-refractivity contribution >= 4 is 23.2 Å². The zero-order valence-electron chi connectivity index (χ0n) is 16.4. The van der Waals surface area contributed by atoms with Crippen LogP contribution < -0.4 is 5.32 Å². The molecule has 0 radical (unpaired) electrons. The Morgan fingerprint density at radius 2 is 2.11 bits per heavy atom. The summed E-state index contributed by atoms with van der Waals surface area (Å²) in [5.74, 6) is -0.299. The molecule has 2 aromatic rings. The van der Waals surface area contributed by atoms with Crippen LogP contribution in [-0.2, 0) is 22.6 Å². The number of hydrogen-bond donors (Lipinski definition) is 1. The largest absolute Gasteiger partial charge is 0.376 e. The molecule has 1 N–H and O–H groups in total. The number of likely N-dealkylation sites (N-methyl/N-ethyl adjacent to an activating group) is 1. The minimum absolute atomic E-state index is 0.0437. The Balaban J connectivity index is 1.47. The fraction of sp³-hybridized carbons (Fsp3) is 0.429. The molecule has 0 spiro atoms. The van der Waals surface area contributed by atoms with Crippen molar-refractivity contribution in [2.75, 3.05) is 33.3 Å². The lowest BCUT2D eigenvalue weighted by Crippen LogP contribution is -2.40. The van der Waals surface area contributed by atoms with Crippen LogP contribution in [0.4, 0.5) is 0 Å². The van der Waals surface area contributed by atoms with Crippen LogP contribution in [0.2, 0.25) is 0 Å². The molecule has 2 amide bonds. The smallest absolute Gasteiger partial charge is 0.264 e. The predicted molar refractivity (Wildman–Crippen MR) is 110 cm³/mol. The number of morpholine rings is 1. The molecule has 150 valence electrons. The number of hydrogen-bond acceptors (Lipinski definition) is 5. The summed E-state index contributed by atoms with van der Waals surface area (Å²) in [4.78, 5) is 28.9. The molecule has 1 fully saturated rings. The third kappa shape index (κ3) is 5.89. The van der Waals surface area contributed by atoms with Crippen molar-refractivity contribution in [2.24, 2.45) is 0 Å². The van der Waals surface area contributed by atoms with Gasteiger partial charge in [-0.25, -0.2) is 0 Å². The van der Waals surface area contributed by atoms with Crippen LogP contribution in [0, 0.1) is 0 Å². The van der Waals surface area contributed by atoms with Gasteiger partial charge in [0.25, 0.3) is 5.91 Å². The highest BCUT2D eigenvalue weighted by Gasteiger charge is 2.17. The molecule has 0 aliphatic carbocycles. The number of ether oxygens (including phenoxy) is 1. The molecular weight excluding hydrogens is 374 g/mol. The first-order valence-electron chi connectivity index (χ1n) is 9.48. The van der Waals surface area contributed by atoms with Gasteiger partial charge >= 0.3 is 0 Å². The second-order valence-electron chi connectivity index (χ2n) is 7.15. The molecule has 7 heteroatoms. The number of carbonyl (C=O) groups is 2. The molecule has 3 rings (SSSR count). The lowest BCUT2D eigenvalue weighted by molar-refractivity contribution is -0.121. The van der Waals surface area contributed by atoms with E-state index < -0.39 is 0 Å². The average Bonchev–Trinajstić information content (AvgIpc) is 3.21. The zero-order valence-corrected chi connectivity index (χ0v) is 17.2. The average molecular weight is 402 g/mol. The van der Waals surface area contributed by atoms with E-state index in [-0.39, 0.29) is 24.5 Å². The molecule has 1 aliphatic heterocycles. The maximum atomic E-state index is 12.2. The molecule has 0 saturated carbocycles. The van der Waals surface area contributed by atoms with Crippen molar-refractivity contribution in [3.8, 4) is 0 Å². The summed E-state index contributed by atoms with van der Waals surface area (Å²) in [6.07, 6.45) is 0.269. The van der Waals surface area contributed by atoms with Gasteiger partial charge in [-0.15, -0.1) is 11.3 Å². The summed E-state index contributed by atoms with van der Waals surface area (Å²) in [7, 11) is 1.64. The SMILES string of the molecule is CC1CN(Cc2cccc(CNC(=O)CN(C)C(=O)c3cccs3)c2)CCO1. The summed E-state index contributed by atoms with van der Waals surface area (Å²) >= 11 is 1.38. The molecule has 0 bridgehead atoms. The second-order valence-corrected chi connectivity index (χ2v) is 8.10. The fourth-order valence-corrected chi connectivity index (χ4v) is 3.98. The number of amides is 2. The van der Waals surface area contributed by atoms with Crippen molar-refractivity contribution in [2.45, 2.75) is 26.1 Å². The predicted octanol–water partition coefficient (Wildman–Crippen LogP) is 2.36. The van der Waals surface area contributed by atoms with Gasteiger partial charge in [-0.3, -0.25) is 14.5 Å². The molecule has 2 heterocycles. The van der Waals surface area contributed by atoms with Gasteiger partial charge in [-0.1, -0.05) is 30.3 Å². The Morgan fingerprint density at radius 1 is 1.29 bits per heavy atom. The maximum Gasteiger partial charge on any atom is 0.264 e. The molecule has 28 heavy (non-hydrogen) atoms. The third-order valence-electron chi connectivity index (χ3n) is 4.67. The molecule has 1 aliphatic rings. The van der Waals surface area contributed by atoms with Crippen LogP contribution in [0.1, 0.15) is 27.7 Å². The van der Waals surface area contributed by atoms with E-state index in [1.54, 1.807) is 13.1 Å². The van der Waals surface area contributed by atoms with Crippen molar-refractivity contribution in [1.82, 2.24) is 15.1 Å². The summed E-state index contributed by atoms with van der Waals surface area (Å²) in [5.41, 5.74) is 2.28. The van der Waals surface area contributed by atoms with Crippen LogP contribution in [-0.4, -0.2) is 61.0 Å². The first kappa shape index (κ1) is 20.5. The summed E-state index contributed by atoms with van der Waals surface area (Å²) in [5, 5.41) is 4.76. The van der Waals surface area contributed by atoms with Crippen molar-refractivity contribution in [1.29, 1.82) is 0 Å². The Bertz CT molecular complexity index is 794. The quantitative estimate of drug-likeness (QED) is 0.774. The Labute approximate surface area is 170 Å². The van der Waals surface area contributed by atoms with E-state index in [4.69, 9.17) is 4.74 Å². The van der Waals surface area contributed by atoms with Crippen LogP contribution in [0.5, 0.6) is 0 Å². The summed E-state index contributed by atoms with van der Waals surface area (Å²) < 4.78 is 5.59. The second kappa shape index (κ2) is 9.82. The lowest BCUT2D eigenvalue weighted by atomic mass is 10.1. The lowest BCUT2D eigenvalue weighted by Gasteiger charge is -2.31. The number of thiophene rings is 1. The van der Waals surface area contributed by atoms with Gasteiger partial charge in [0.2, 0.25) is 5.91 Å². The zero-order chi connectivity index (χ0) is 19.9. The van der Waals surface area contributed by atoms with E-state index in [9.17, 15) is 9.59 Å². The first-order valence-corrected chi connectivity index (χ1v) is 10.4. The molecule has 1 unspecified atom stereocenters. The monoisotopic (exact) mass is 401 g/mol. The van der Waals surface area contributed by atoms with E-state index in [1.165, 1.54) is 21.8 Å². The standard InChI is InChI=1S/C21H27N3O3S/c1-16-13-24(8-9-27-16)14-18-6-3-5-17(11-18)12-22-20(25)15-23(2)21(26)19-7-4-10-28-19/h3-7,10-11,16H,8-9,12-15H2,1-2H3,(H,22,25). The molecule has 1 atom stereocenters. The Kier molecular flexibility index (Phi) is 7.19. The fourth-order valence-electron chi connectivity index (χ4n) is 3.26. The maximum absolute atomic E-state index is 12.2. The molecular formula is C21H27N3O3S.